The van der Waals surface area contributed by atoms with Crippen LogP contribution in [-0.2, 0) is 8.26 Å². The molecule has 1 N–H and O–H groups in total. The first kappa shape index (κ1) is 14.8. The Bertz CT molecular complexity index is 383. The smallest absolute Gasteiger partial charge is 0.266 e. The molecule has 2 heterocycles. The Morgan fingerprint density at radius 3 is 1.75 bits per heavy atom. The molecule has 88 valence electrons. The lowest BCUT2D eigenvalue weighted by Gasteiger charge is -1.70. The molecular weight excluding hydrogens is 277 g/mol. The quantitative estimate of drug-likeness (QED) is 0.724. The zero-order chi connectivity index (χ0) is 12.3. The Labute approximate surface area is 101 Å². The van der Waals surface area contributed by atoms with Crippen LogP contribution in [0.15, 0.2) is 37.2 Å². The van der Waals surface area contributed by atoms with E-state index in [4.69, 9.17) is 8.42 Å². The highest BCUT2D eigenvalue weighted by Gasteiger charge is 1.88. The van der Waals surface area contributed by atoms with Crippen LogP contribution in [-0.4, -0.2) is 33.8 Å². The molecule has 0 spiro atoms. The fourth-order valence-electron chi connectivity index (χ4n) is 0.420. The van der Waals surface area contributed by atoms with Gasteiger partial charge in [-0.3, -0.25) is 5.10 Å². The van der Waals surface area contributed by atoms with Crippen LogP contribution in [0.2, 0.25) is 0 Å². The summed E-state index contributed by atoms with van der Waals surface area (Å²) in [5.74, 6) is 0. The Hall–Kier alpha value is -1.25. The fraction of sp³-hybridized carbons (Fsp3) is 0. The molecule has 0 saturated carbocycles. The van der Waals surface area contributed by atoms with Gasteiger partial charge in [-0.2, -0.15) is 8.42 Å². The van der Waals surface area contributed by atoms with Crippen LogP contribution < -0.4 is 0 Å². The van der Waals surface area contributed by atoms with E-state index in [1.807, 2.05) is 0 Å². The van der Waals surface area contributed by atoms with Crippen molar-refractivity contribution >= 4 is 29.6 Å². The van der Waals surface area contributed by atoms with Crippen LogP contribution in [0, 0.1) is 0 Å². The van der Waals surface area contributed by atoms with E-state index in [1.165, 1.54) is 6.33 Å². The molecule has 0 unspecified atom stereocenters. The first-order valence-electron chi connectivity index (χ1n) is 3.65. The van der Waals surface area contributed by atoms with Gasteiger partial charge in [0.1, 0.15) is 6.33 Å². The molecule has 16 heavy (non-hydrogen) atoms. The molecule has 2 aromatic rings. The molecule has 0 amide bonds. The molecule has 0 aliphatic rings. The number of hydrogen-bond donors (Lipinski definition) is 1. The maximum atomic E-state index is 9.16. The molecule has 0 bridgehead atoms. The van der Waals surface area contributed by atoms with Gasteiger partial charge in [0, 0.05) is 40.0 Å². The van der Waals surface area contributed by atoms with E-state index < -0.39 is 8.26 Å². The molecule has 0 atom stereocenters. The molecule has 0 fully saturated rings. The fourth-order valence-corrected chi connectivity index (χ4v) is 0.420. The predicted molar refractivity (Wildman–Crippen MR) is 59.0 cm³/mol. The normalized spacial score (nSPS) is 9.12. The molecular formula is C6H7Cl2N5O2S. The first-order chi connectivity index (χ1) is 7.50. The Kier molecular flexibility index (Phi) is 8.31. The molecule has 0 aliphatic carbocycles. The lowest BCUT2D eigenvalue weighted by Crippen LogP contribution is -1.66. The van der Waals surface area contributed by atoms with Crippen molar-refractivity contribution < 1.29 is 8.42 Å². The van der Waals surface area contributed by atoms with E-state index in [9.17, 15) is 0 Å². The minimum absolute atomic E-state index is 1.50. The molecule has 2 aromatic heterocycles. The van der Waals surface area contributed by atoms with E-state index >= 15 is 0 Å². The number of nitrogens with one attached hydrogen (secondary N) is 1. The highest BCUT2D eigenvalue weighted by molar-refractivity contribution is 8.31. The van der Waals surface area contributed by atoms with Crippen LogP contribution in [0.5, 0.6) is 0 Å². The summed E-state index contributed by atoms with van der Waals surface area (Å²) >= 11 is 0. The Morgan fingerprint density at radius 1 is 1.06 bits per heavy atom. The first-order valence-corrected chi connectivity index (χ1v) is 6.78. The maximum absolute atomic E-state index is 9.16. The molecule has 0 aromatic carbocycles. The van der Waals surface area contributed by atoms with Gasteiger partial charge in [-0.25, -0.2) is 9.97 Å². The van der Waals surface area contributed by atoms with Crippen molar-refractivity contribution in [3.8, 4) is 0 Å². The molecule has 10 heteroatoms. The van der Waals surface area contributed by atoms with Crippen molar-refractivity contribution in [2.45, 2.75) is 0 Å². The average Bonchev–Trinajstić information content (AvgIpc) is 2.75. The molecule has 0 aliphatic heterocycles. The number of rotatable bonds is 0. The predicted octanol–water partition coefficient (Wildman–Crippen LogP) is 0.990. The minimum atomic E-state index is -3.72. The number of hydrogen-bond acceptors (Lipinski definition) is 6. The van der Waals surface area contributed by atoms with Crippen LogP contribution in [0.3, 0.4) is 0 Å². The van der Waals surface area contributed by atoms with Crippen LogP contribution >= 0.6 is 21.4 Å². The van der Waals surface area contributed by atoms with Crippen LogP contribution in [0.1, 0.15) is 0 Å². The molecule has 0 saturated heterocycles. The van der Waals surface area contributed by atoms with Crippen molar-refractivity contribution in [3.63, 3.8) is 0 Å². The monoisotopic (exact) mass is 283 g/mol. The summed E-state index contributed by atoms with van der Waals surface area (Å²) in [6, 6.07) is 1.78. The molecule has 2 rings (SSSR count). The summed E-state index contributed by atoms with van der Waals surface area (Å²) < 4.78 is 18.3. The van der Waals surface area contributed by atoms with Crippen molar-refractivity contribution in [2.24, 2.45) is 0 Å². The standard InChI is InChI=1S/C4H4N2.C2H3N3.Cl2O2S/c1-2-5-4-6-3-1;1-2-4-5-3-1;1-5(2,3)4/h1-4H;1-2H,(H,3,4,5);. The number of H-pyrrole nitrogens is 1. The van der Waals surface area contributed by atoms with Gasteiger partial charge in [0.25, 0.3) is 0 Å². The van der Waals surface area contributed by atoms with Crippen molar-refractivity contribution in [3.05, 3.63) is 37.2 Å². The van der Waals surface area contributed by atoms with Crippen LogP contribution in [0.25, 0.3) is 0 Å². The third-order valence-electron chi connectivity index (χ3n) is 0.809. The topological polar surface area (TPSA) is 101 Å². The van der Waals surface area contributed by atoms with Crippen LogP contribution in [0.4, 0.5) is 0 Å². The number of halogens is 2. The van der Waals surface area contributed by atoms with Crippen molar-refractivity contribution in [1.29, 1.82) is 0 Å². The van der Waals surface area contributed by atoms with E-state index in [-0.39, 0.29) is 0 Å². The van der Waals surface area contributed by atoms with Gasteiger partial charge in [0.2, 0.25) is 0 Å². The zero-order valence-electron chi connectivity index (χ0n) is 7.73. The van der Waals surface area contributed by atoms with Gasteiger partial charge in [-0.1, -0.05) is 5.21 Å². The van der Waals surface area contributed by atoms with Gasteiger partial charge in [-0.15, -0.1) is 5.10 Å². The second-order valence-corrected chi connectivity index (χ2v) is 5.61. The Balaban J connectivity index is 0.000000213. The highest BCUT2D eigenvalue weighted by atomic mass is 36.0. The highest BCUT2D eigenvalue weighted by Crippen LogP contribution is 1.98. The number of aromatic nitrogens is 5. The van der Waals surface area contributed by atoms with E-state index in [1.54, 1.807) is 30.9 Å². The second kappa shape index (κ2) is 9.01. The van der Waals surface area contributed by atoms with Crippen molar-refractivity contribution in [2.75, 3.05) is 0 Å². The average molecular weight is 284 g/mol. The molecule has 0 radical (unpaired) electrons. The van der Waals surface area contributed by atoms with Gasteiger partial charge in [0.15, 0.2) is 0 Å². The summed E-state index contributed by atoms with van der Waals surface area (Å²) in [5, 5.41) is 9.26. The third-order valence-corrected chi connectivity index (χ3v) is 0.809. The van der Waals surface area contributed by atoms with E-state index in [2.05, 4.69) is 46.7 Å². The summed E-state index contributed by atoms with van der Waals surface area (Å²) in [5.41, 5.74) is 0. The lowest BCUT2D eigenvalue weighted by molar-refractivity contribution is 0.621. The van der Waals surface area contributed by atoms with Gasteiger partial charge >= 0.3 is 8.26 Å². The summed E-state index contributed by atoms with van der Waals surface area (Å²) in [6.07, 6.45) is 8.11. The molecule has 7 nitrogen and oxygen atoms in total. The third kappa shape index (κ3) is 18.5. The van der Waals surface area contributed by atoms with Gasteiger partial charge in [-0.05, 0) is 6.07 Å². The van der Waals surface area contributed by atoms with Gasteiger partial charge < -0.3 is 0 Å². The number of nitrogens with zero attached hydrogens (tertiary/aromatic N) is 4. The van der Waals surface area contributed by atoms with E-state index in [0.29, 0.717) is 0 Å². The SMILES string of the molecule is O=S(=O)(Cl)Cl.c1c[nH]nn1.c1cncnc1. The second-order valence-electron chi connectivity index (χ2n) is 1.94. The van der Waals surface area contributed by atoms with Gasteiger partial charge in [0.05, 0.1) is 6.20 Å². The number of aromatic amines is 1. The summed E-state index contributed by atoms with van der Waals surface area (Å²) in [4.78, 5) is 7.35. The van der Waals surface area contributed by atoms with E-state index in [0.717, 1.165) is 0 Å². The lowest BCUT2D eigenvalue weighted by atomic mass is 10.7. The zero-order valence-corrected chi connectivity index (χ0v) is 10.1. The summed E-state index contributed by atoms with van der Waals surface area (Å²) in [7, 11) is 4.81. The van der Waals surface area contributed by atoms with Crippen molar-refractivity contribution in [1.82, 2.24) is 25.4 Å². The summed E-state index contributed by atoms with van der Waals surface area (Å²) in [6.45, 7) is 0. The minimum Gasteiger partial charge on any atom is -0.266 e. The largest absolute Gasteiger partial charge is 0.317 e. The Morgan fingerprint density at radius 2 is 1.62 bits per heavy atom. The maximum Gasteiger partial charge on any atom is 0.317 e.